The largest absolute Gasteiger partial charge is 0.465 e. The highest BCUT2D eigenvalue weighted by molar-refractivity contribution is 6.07. The SMILES string of the molecule is COC(=O)c1cccc(C(=O)Nc2cc(C(F)(F)F)ccc2N2CCCCC2)c1. The average molecular weight is 406 g/mol. The second-order valence-electron chi connectivity index (χ2n) is 6.80. The summed E-state index contributed by atoms with van der Waals surface area (Å²) >= 11 is 0. The highest BCUT2D eigenvalue weighted by Gasteiger charge is 2.32. The lowest BCUT2D eigenvalue weighted by molar-refractivity contribution is -0.137. The number of hydrogen-bond acceptors (Lipinski definition) is 4. The molecule has 1 amide bonds. The number of alkyl halides is 3. The molecular weight excluding hydrogens is 385 g/mol. The molecule has 1 aliphatic heterocycles. The summed E-state index contributed by atoms with van der Waals surface area (Å²) < 4.78 is 44.3. The zero-order chi connectivity index (χ0) is 21.0. The van der Waals surface area contributed by atoms with Gasteiger partial charge in [0.15, 0.2) is 0 Å². The Balaban J connectivity index is 1.93. The van der Waals surface area contributed by atoms with Crippen molar-refractivity contribution in [2.75, 3.05) is 30.4 Å². The van der Waals surface area contributed by atoms with E-state index in [0.717, 1.165) is 31.4 Å². The number of nitrogens with zero attached hydrogens (tertiary/aromatic N) is 1. The second kappa shape index (κ2) is 8.55. The van der Waals surface area contributed by atoms with Gasteiger partial charge in [-0.25, -0.2) is 4.79 Å². The van der Waals surface area contributed by atoms with Crippen molar-refractivity contribution in [2.24, 2.45) is 0 Å². The molecule has 8 heteroatoms. The van der Waals surface area contributed by atoms with E-state index in [0.29, 0.717) is 18.8 Å². The lowest BCUT2D eigenvalue weighted by Gasteiger charge is -2.31. The number of benzene rings is 2. The maximum Gasteiger partial charge on any atom is 0.416 e. The van der Waals surface area contributed by atoms with Crippen molar-refractivity contribution >= 4 is 23.3 Å². The minimum Gasteiger partial charge on any atom is -0.465 e. The highest BCUT2D eigenvalue weighted by Crippen LogP contribution is 2.36. The number of carbonyl (C=O) groups excluding carboxylic acids is 2. The number of piperidine rings is 1. The Kier molecular flexibility index (Phi) is 6.10. The van der Waals surface area contributed by atoms with Gasteiger partial charge in [0.1, 0.15) is 0 Å². The molecule has 0 aromatic heterocycles. The Bertz CT molecular complexity index is 906. The van der Waals surface area contributed by atoms with Crippen molar-refractivity contribution in [3.8, 4) is 0 Å². The van der Waals surface area contributed by atoms with Crippen molar-refractivity contribution < 1.29 is 27.5 Å². The summed E-state index contributed by atoms with van der Waals surface area (Å²) in [6, 6.07) is 9.20. The van der Waals surface area contributed by atoms with Crippen molar-refractivity contribution in [3.05, 3.63) is 59.2 Å². The van der Waals surface area contributed by atoms with Gasteiger partial charge in [-0.3, -0.25) is 4.79 Å². The van der Waals surface area contributed by atoms with Crippen molar-refractivity contribution in [1.29, 1.82) is 0 Å². The Hall–Kier alpha value is -3.03. The highest BCUT2D eigenvalue weighted by atomic mass is 19.4. The van der Waals surface area contributed by atoms with Gasteiger partial charge >= 0.3 is 12.1 Å². The number of carbonyl (C=O) groups is 2. The first-order valence-corrected chi connectivity index (χ1v) is 9.25. The molecule has 0 spiro atoms. The summed E-state index contributed by atoms with van der Waals surface area (Å²) in [5.41, 5.74) is 0.137. The number of nitrogens with one attached hydrogen (secondary N) is 1. The minimum absolute atomic E-state index is 0.0928. The number of anilines is 2. The average Bonchev–Trinajstić information content (AvgIpc) is 2.73. The van der Waals surface area contributed by atoms with Crippen LogP contribution in [0.2, 0.25) is 0 Å². The van der Waals surface area contributed by atoms with Crippen LogP contribution >= 0.6 is 0 Å². The molecule has 0 aliphatic carbocycles. The van der Waals surface area contributed by atoms with Gasteiger partial charge in [0, 0.05) is 18.7 Å². The van der Waals surface area contributed by atoms with E-state index in [2.05, 4.69) is 10.1 Å². The monoisotopic (exact) mass is 406 g/mol. The molecule has 1 heterocycles. The van der Waals surface area contributed by atoms with E-state index in [1.54, 1.807) is 0 Å². The Morgan fingerprint density at radius 2 is 1.69 bits per heavy atom. The molecule has 5 nitrogen and oxygen atoms in total. The standard InChI is InChI=1S/C21H21F3N2O3/c1-29-20(28)15-7-5-6-14(12-15)19(27)25-17-13-16(21(22,23)24)8-9-18(17)26-10-3-2-4-11-26/h5-9,12-13H,2-4,10-11H2,1H3,(H,25,27). The van der Waals surface area contributed by atoms with Crippen molar-refractivity contribution in [3.63, 3.8) is 0 Å². The summed E-state index contributed by atoms with van der Waals surface area (Å²) in [5, 5.41) is 2.59. The van der Waals surface area contributed by atoms with Gasteiger partial charge in [-0.15, -0.1) is 0 Å². The summed E-state index contributed by atoms with van der Waals surface area (Å²) in [6.45, 7) is 1.43. The summed E-state index contributed by atoms with van der Waals surface area (Å²) in [6.07, 6.45) is -1.57. The molecule has 0 unspecified atom stereocenters. The summed E-state index contributed by atoms with van der Waals surface area (Å²) in [5.74, 6) is -1.21. The maximum absolute atomic E-state index is 13.2. The third-order valence-corrected chi connectivity index (χ3v) is 4.81. The fraction of sp³-hybridized carbons (Fsp3) is 0.333. The maximum atomic E-state index is 13.2. The third-order valence-electron chi connectivity index (χ3n) is 4.81. The molecule has 2 aromatic rings. The Morgan fingerprint density at radius 3 is 2.34 bits per heavy atom. The van der Waals surface area contributed by atoms with E-state index in [1.165, 1.54) is 37.4 Å². The smallest absolute Gasteiger partial charge is 0.416 e. The van der Waals surface area contributed by atoms with Gasteiger partial charge in [0.05, 0.1) is 29.6 Å². The van der Waals surface area contributed by atoms with E-state index in [1.807, 2.05) is 4.90 Å². The molecule has 29 heavy (non-hydrogen) atoms. The van der Waals surface area contributed by atoms with Crippen LogP contribution in [-0.4, -0.2) is 32.1 Å². The number of ether oxygens (including phenoxy) is 1. The molecule has 1 saturated heterocycles. The van der Waals surface area contributed by atoms with Crippen LogP contribution in [0.15, 0.2) is 42.5 Å². The van der Waals surface area contributed by atoms with Crippen LogP contribution in [0.4, 0.5) is 24.5 Å². The topological polar surface area (TPSA) is 58.6 Å². The van der Waals surface area contributed by atoms with Gasteiger partial charge in [0.2, 0.25) is 0 Å². The number of esters is 1. The number of amides is 1. The summed E-state index contributed by atoms with van der Waals surface area (Å²) in [7, 11) is 1.22. The molecule has 0 atom stereocenters. The molecule has 0 radical (unpaired) electrons. The van der Waals surface area contributed by atoms with Gasteiger partial charge in [-0.05, 0) is 55.7 Å². The molecule has 1 aliphatic rings. The fourth-order valence-electron chi connectivity index (χ4n) is 3.32. The van der Waals surface area contributed by atoms with Crippen LogP contribution in [-0.2, 0) is 10.9 Å². The normalized spacial score (nSPS) is 14.4. The minimum atomic E-state index is -4.52. The molecular formula is C21H21F3N2O3. The zero-order valence-corrected chi connectivity index (χ0v) is 15.9. The molecule has 1 N–H and O–H groups in total. The zero-order valence-electron chi connectivity index (χ0n) is 15.9. The van der Waals surface area contributed by atoms with Gasteiger partial charge in [-0.1, -0.05) is 6.07 Å². The summed E-state index contributed by atoms with van der Waals surface area (Å²) in [4.78, 5) is 26.4. The predicted octanol–water partition coefficient (Wildman–Crippen LogP) is 4.73. The Labute approximate surface area is 166 Å². The van der Waals surface area contributed by atoms with Crippen LogP contribution in [0.3, 0.4) is 0 Å². The molecule has 0 saturated carbocycles. The van der Waals surface area contributed by atoms with Gasteiger partial charge < -0.3 is 15.0 Å². The Morgan fingerprint density at radius 1 is 1.00 bits per heavy atom. The van der Waals surface area contributed by atoms with Gasteiger partial charge in [0.25, 0.3) is 5.91 Å². The molecule has 154 valence electrons. The van der Waals surface area contributed by atoms with E-state index < -0.39 is 23.6 Å². The molecule has 1 fully saturated rings. The number of methoxy groups -OCH3 is 1. The quantitative estimate of drug-likeness (QED) is 0.746. The van der Waals surface area contributed by atoms with Crippen LogP contribution in [0.5, 0.6) is 0 Å². The van der Waals surface area contributed by atoms with E-state index >= 15 is 0 Å². The third kappa shape index (κ3) is 4.88. The van der Waals surface area contributed by atoms with Crippen LogP contribution in [0, 0.1) is 0 Å². The van der Waals surface area contributed by atoms with Crippen LogP contribution in [0.1, 0.15) is 45.5 Å². The molecule has 2 aromatic carbocycles. The number of halogens is 3. The van der Waals surface area contributed by atoms with E-state index in [-0.39, 0.29) is 16.8 Å². The van der Waals surface area contributed by atoms with Crippen molar-refractivity contribution in [1.82, 2.24) is 0 Å². The number of hydrogen-bond donors (Lipinski definition) is 1. The van der Waals surface area contributed by atoms with E-state index in [9.17, 15) is 22.8 Å². The number of rotatable bonds is 4. The first-order valence-electron chi connectivity index (χ1n) is 9.25. The molecule has 0 bridgehead atoms. The first-order chi connectivity index (χ1) is 13.8. The lowest BCUT2D eigenvalue weighted by Crippen LogP contribution is -2.30. The van der Waals surface area contributed by atoms with E-state index in [4.69, 9.17) is 0 Å². The van der Waals surface area contributed by atoms with Crippen LogP contribution in [0.25, 0.3) is 0 Å². The van der Waals surface area contributed by atoms with Crippen LogP contribution < -0.4 is 10.2 Å². The first kappa shape index (κ1) is 20.7. The second-order valence-corrected chi connectivity index (χ2v) is 6.80. The molecule has 3 rings (SSSR count). The van der Waals surface area contributed by atoms with Crippen molar-refractivity contribution in [2.45, 2.75) is 25.4 Å². The van der Waals surface area contributed by atoms with Gasteiger partial charge in [-0.2, -0.15) is 13.2 Å². The predicted molar refractivity (Wildman–Crippen MR) is 103 cm³/mol. The fourth-order valence-corrected chi connectivity index (χ4v) is 3.32. The lowest BCUT2D eigenvalue weighted by atomic mass is 10.1.